The predicted octanol–water partition coefficient (Wildman–Crippen LogP) is 2.14. The van der Waals surface area contributed by atoms with Crippen molar-refractivity contribution in [3.05, 3.63) is 40.6 Å². The Hall–Kier alpha value is -1.38. The van der Waals surface area contributed by atoms with E-state index in [0.29, 0.717) is 23.1 Å². The van der Waals surface area contributed by atoms with Gasteiger partial charge in [-0.25, -0.2) is 8.42 Å². The number of hydrogen-bond donors (Lipinski definition) is 2. The number of aliphatic hydroxyl groups is 1. The van der Waals surface area contributed by atoms with Crippen LogP contribution in [0.25, 0.3) is 0 Å². The maximum atomic E-state index is 12.3. The lowest BCUT2D eigenvalue weighted by molar-refractivity contribution is 0.277. The summed E-state index contributed by atoms with van der Waals surface area (Å²) in [4.78, 5) is 0.0915. The quantitative estimate of drug-likeness (QED) is 0.812. The molecule has 1 aromatic heterocycles. The minimum absolute atomic E-state index is 0.0381. The summed E-state index contributed by atoms with van der Waals surface area (Å²) in [5, 5.41) is 12.7. The van der Waals surface area contributed by atoms with Crippen molar-refractivity contribution in [1.82, 2.24) is 9.78 Å². The zero-order valence-electron chi connectivity index (χ0n) is 11.5. The molecule has 2 N–H and O–H groups in total. The molecular weight excluding hydrogens is 358 g/mol. The number of sulfonamides is 1. The first-order valence-corrected chi connectivity index (χ1v) is 8.63. The number of nitrogens with one attached hydrogen (secondary N) is 1. The standard InChI is InChI=1S/C13H16BrN3O3S/c1-10-4-2-5-12(13(10)14)16-21(19,20)11-8-15-17(9-11)6-3-7-18/h2,4-5,8-9,16,18H,3,6-7H2,1H3. The van der Waals surface area contributed by atoms with E-state index >= 15 is 0 Å². The molecule has 0 fully saturated rings. The van der Waals surface area contributed by atoms with Gasteiger partial charge in [-0.05, 0) is 40.9 Å². The molecular formula is C13H16BrN3O3S. The second kappa shape index (κ2) is 6.59. The van der Waals surface area contributed by atoms with E-state index in [9.17, 15) is 8.42 Å². The summed E-state index contributed by atoms with van der Waals surface area (Å²) >= 11 is 3.37. The average molecular weight is 374 g/mol. The van der Waals surface area contributed by atoms with Crippen molar-refractivity contribution < 1.29 is 13.5 Å². The highest BCUT2D eigenvalue weighted by atomic mass is 79.9. The van der Waals surface area contributed by atoms with Gasteiger partial charge in [0, 0.05) is 23.8 Å². The molecule has 0 amide bonds. The highest BCUT2D eigenvalue weighted by Crippen LogP contribution is 2.27. The lowest BCUT2D eigenvalue weighted by atomic mass is 10.2. The Morgan fingerprint density at radius 2 is 2.19 bits per heavy atom. The molecule has 0 aliphatic rings. The zero-order valence-corrected chi connectivity index (χ0v) is 13.9. The highest BCUT2D eigenvalue weighted by Gasteiger charge is 2.18. The number of nitrogens with zero attached hydrogens (tertiary/aromatic N) is 2. The third kappa shape index (κ3) is 3.84. The third-order valence-corrected chi connectivity index (χ3v) is 5.27. The monoisotopic (exact) mass is 373 g/mol. The summed E-state index contributed by atoms with van der Waals surface area (Å²) < 4.78 is 29.4. The van der Waals surface area contributed by atoms with E-state index in [2.05, 4.69) is 25.8 Å². The van der Waals surface area contributed by atoms with Crippen molar-refractivity contribution in [3.8, 4) is 0 Å². The lowest BCUT2D eigenvalue weighted by Crippen LogP contribution is -2.13. The largest absolute Gasteiger partial charge is 0.396 e. The Bertz CT molecular complexity index is 728. The number of anilines is 1. The van der Waals surface area contributed by atoms with E-state index in [4.69, 9.17) is 5.11 Å². The number of aryl methyl sites for hydroxylation is 2. The van der Waals surface area contributed by atoms with E-state index in [1.807, 2.05) is 13.0 Å². The smallest absolute Gasteiger partial charge is 0.265 e. The third-order valence-electron chi connectivity index (χ3n) is 2.90. The Morgan fingerprint density at radius 1 is 1.43 bits per heavy atom. The summed E-state index contributed by atoms with van der Waals surface area (Å²) in [6.07, 6.45) is 3.27. The normalized spacial score (nSPS) is 11.6. The van der Waals surface area contributed by atoms with E-state index < -0.39 is 10.0 Å². The summed E-state index contributed by atoms with van der Waals surface area (Å²) in [5.41, 5.74) is 1.42. The molecule has 0 radical (unpaired) electrons. The van der Waals surface area contributed by atoms with Crippen molar-refractivity contribution in [1.29, 1.82) is 0 Å². The first-order chi connectivity index (χ1) is 9.94. The van der Waals surface area contributed by atoms with Crippen LogP contribution in [0.5, 0.6) is 0 Å². The molecule has 6 nitrogen and oxygen atoms in total. The molecule has 21 heavy (non-hydrogen) atoms. The first-order valence-electron chi connectivity index (χ1n) is 6.35. The van der Waals surface area contributed by atoms with Gasteiger partial charge >= 0.3 is 0 Å². The maximum absolute atomic E-state index is 12.3. The SMILES string of the molecule is Cc1cccc(NS(=O)(=O)c2cnn(CCCO)c2)c1Br. The van der Waals surface area contributed by atoms with Crippen LogP contribution in [-0.2, 0) is 16.6 Å². The fourth-order valence-corrected chi connectivity index (χ4v) is 3.29. The van der Waals surface area contributed by atoms with Gasteiger partial charge in [0.05, 0.1) is 11.9 Å². The molecule has 0 saturated carbocycles. The van der Waals surface area contributed by atoms with Gasteiger partial charge in [-0.1, -0.05) is 12.1 Å². The van der Waals surface area contributed by atoms with Crippen molar-refractivity contribution >= 4 is 31.6 Å². The second-order valence-corrected chi connectivity index (χ2v) is 7.03. The summed E-state index contributed by atoms with van der Waals surface area (Å²) in [6.45, 7) is 2.39. The number of aromatic nitrogens is 2. The van der Waals surface area contributed by atoms with E-state index in [1.165, 1.54) is 17.1 Å². The highest BCUT2D eigenvalue weighted by molar-refractivity contribution is 9.10. The van der Waals surface area contributed by atoms with Crippen molar-refractivity contribution in [2.24, 2.45) is 0 Å². The molecule has 0 atom stereocenters. The van der Waals surface area contributed by atoms with Gasteiger partial charge in [-0.2, -0.15) is 5.10 Å². The fourth-order valence-electron chi connectivity index (χ4n) is 1.77. The van der Waals surface area contributed by atoms with Crippen LogP contribution >= 0.6 is 15.9 Å². The Morgan fingerprint density at radius 3 is 2.90 bits per heavy atom. The molecule has 0 bridgehead atoms. The van der Waals surface area contributed by atoms with E-state index in [1.54, 1.807) is 12.1 Å². The van der Waals surface area contributed by atoms with Crippen molar-refractivity contribution in [2.75, 3.05) is 11.3 Å². The van der Waals surface area contributed by atoms with Gasteiger partial charge in [-0.3, -0.25) is 9.40 Å². The van der Waals surface area contributed by atoms with Crippen LogP contribution in [0.3, 0.4) is 0 Å². The molecule has 0 unspecified atom stereocenters. The molecule has 0 aliphatic heterocycles. The van der Waals surface area contributed by atoms with Gasteiger partial charge in [0.25, 0.3) is 10.0 Å². The van der Waals surface area contributed by atoms with Gasteiger partial charge < -0.3 is 5.11 Å². The minimum Gasteiger partial charge on any atom is -0.396 e. The Kier molecular flexibility index (Phi) is 5.02. The lowest BCUT2D eigenvalue weighted by Gasteiger charge is -2.09. The van der Waals surface area contributed by atoms with Crippen LogP contribution in [0, 0.1) is 6.92 Å². The minimum atomic E-state index is -3.68. The topological polar surface area (TPSA) is 84.2 Å². The van der Waals surface area contributed by atoms with Crippen LogP contribution < -0.4 is 4.72 Å². The Labute approximate surface area is 132 Å². The zero-order chi connectivity index (χ0) is 15.5. The summed E-state index contributed by atoms with van der Waals surface area (Å²) in [6, 6.07) is 5.35. The summed E-state index contributed by atoms with van der Waals surface area (Å²) in [7, 11) is -3.68. The molecule has 1 heterocycles. The summed E-state index contributed by atoms with van der Waals surface area (Å²) in [5.74, 6) is 0. The maximum Gasteiger partial charge on any atom is 0.265 e. The van der Waals surface area contributed by atoms with Gasteiger partial charge in [0.1, 0.15) is 4.90 Å². The molecule has 8 heteroatoms. The predicted molar refractivity (Wildman–Crippen MR) is 83.6 cm³/mol. The van der Waals surface area contributed by atoms with Crippen LogP contribution in [0.15, 0.2) is 40.0 Å². The van der Waals surface area contributed by atoms with Gasteiger partial charge in [-0.15, -0.1) is 0 Å². The molecule has 0 spiro atoms. The van der Waals surface area contributed by atoms with E-state index in [-0.39, 0.29) is 11.5 Å². The number of aliphatic hydroxyl groups excluding tert-OH is 1. The number of halogens is 1. The number of rotatable bonds is 6. The van der Waals surface area contributed by atoms with Crippen molar-refractivity contribution in [3.63, 3.8) is 0 Å². The van der Waals surface area contributed by atoms with Crippen LogP contribution in [0.4, 0.5) is 5.69 Å². The average Bonchev–Trinajstić information content (AvgIpc) is 2.91. The first kappa shape index (κ1) is 16.0. The number of hydrogen-bond acceptors (Lipinski definition) is 4. The molecule has 1 aromatic carbocycles. The molecule has 0 saturated heterocycles. The fraction of sp³-hybridized carbons (Fsp3) is 0.308. The Balaban J connectivity index is 2.22. The molecule has 114 valence electrons. The van der Waals surface area contributed by atoms with Gasteiger partial charge in [0.2, 0.25) is 0 Å². The molecule has 2 aromatic rings. The number of benzene rings is 1. The van der Waals surface area contributed by atoms with Crippen LogP contribution in [0.2, 0.25) is 0 Å². The molecule has 2 rings (SSSR count). The van der Waals surface area contributed by atoms with Crippen LogP contribution in [-0.4, -0.2) is 29.9 Å². The molecule has 0 aliphatic carbocycles. The van der Waals surface area contributed by atoms with Crippen LogP contribution in [0.1, 0.15) is 12.0 Å². The van der Waals surface area contributed by atoms with Gasteiger partial charge in [0.15, 0.2) is 0 Å². The van der Waals surface area contributed by atoms with E-state index in [0.717, 1.165) is 5.56 Å². The van der Waals surface area contributed by atoms with Crippen molar-refractivity contribution in [2.45, 2.75) is 24.8 Å². The second-order valence-electron chi connectivity index (χ2n) is 4.56.